The van der Waals surface area contributed by atoms with E-state index >= 15 is 0 Å². The van der Waals surface area contributed by atoms with E-state index in [9.17, 15) is 8.42 Å². The van der Waals surface area contributed by atoms with Crippen molar-refractivity contribution in [3.63, 3.8) is 0 Å². The summed E-state index contributed by atoms with van der Waals surface area (Å²) in [4.78, 5) is 7.28. The van der Waals surface area contributed by atoms with Gasteiger partial charge in [0.05, 0.1) is 11.2 Å². The van der Waals surface area contributed by atoms with Crippen LogP contribution in [0.1, 0.15) is 27.9 Å². The number of aromatic amines is 1. The summed E-state index contributed by atoms with van der Waals surface area (Å²) >= 11 is 0. The van der Waals surface area contributed by atoms with E-state index < -0.39 is 10.0 Å². The Balaban J connectivity index is 2.23. The minimum Gasteiger partial charge on any atom is -0.348 e. The van der Waals surface area contributed by atoms with Crippen molar-refractivity contribution < 1.29 is 8.42 Å². The van der Waals surface area contributed by atoms with Crippen molar-refractivity contribution in [3.05, 3.63) is 46.5 Å². The quantitative estimate of drug-likeness (QED) is 0.889. The monoisotopic (exact) mass is 307 g/mol. The predicted octanol–water partition coefficient (Wildman–Crippen LogP) is 2.16. The first-order valence-corrected chi connectivity index (χ1v) is 8.35. The highest BCUT2D eigenvalue weighted by Gasteiger charge is 2.21. The Bertz CT molecular complexity index is 709. The highest BCUT2D eigenvalue weighted by molar-refractivity contribution is 7.89. The van der Waals surface area contributed by atoms with Gasteiger partial charge in [-0.2, -0.15) is 0 Å². The molecule has 6 heteroatoms. The maximum absolute atomic E-state index is 12.6. The third kappa shape index (κ3) is 3.33. The van der Waals surface area contributed by atoms with Gasteiger partial charge in [0.2, 0.25) is 10.0 Å². The number of hydrogen-bond acceptors (Lipinski definition) is 3. The van der Waals surface area contributed by atoms with Crippen LogP contribution in [0, 0.1) is 27.7 Å². The zero-order valence-electron chi connectivity index (χ0n) is 12.8. The highest BCUT2D eigenvalue weighted by Crippen LogP contribution is 2.25. The normalized spacial score (nSPS) is 11.8. The molecule has 1 heterocycles. The Morgan fingerprint density at radius 2 is 1.76 bits per heavy atom. The molecule has 0 aliphatic heterocycles. The third-order valence-electron chi connectivity index (χ3n) is 3.81. The molecule has 0 unspecified atom stereocenters. The van der Waals surface area contributed by atoms with E-state index in [1.54, 1.807) is 12.5 Å². The Hall–Kier alpha value is -1.66. The van der Waals surface area contributed by atoms with Crippen LogP contribution in [0.15, 0.2) is 23.5 Å². The van der Waals surface area contributed by atoms with Gasteiger partial charge in [-0.25, -0.2) is 18.1 Å². The smallest absolute Gasteiger partial charge is 0.241 e. The summed E-state index contributed by atoms with van der Waals surface area (Å²) < 4.78 is 27.8. The van der Waals surface area contributed by atoms with Crippen molar-refractivity contribution in [1.29, 1.82) is 0 Å². The van der Waals surface area contributed by atoms with Gasteiger partial charge in [0.25, 0.3) is 0 Å². The van der Waals surface area contributed by atoms with E-state index in [2.05, 4.69) is 14.7 Å². The van der Waals surface area contributed by atoms with Gasteiger partial charge >= 0.3 is 0 Å². The average Bonchev–Trinajstić information content (AvgIpc) is 2.89. The lowest BCUT2D eigenvalue weighted by molar-refractivity contribution is 0.579. The molecule has 0 amide bonds. The topological polar surface area (TPSA) is 74.8 Å². The predicted molar refractivity (Wildman–Crippen MR) is 82.9 cm³/mol. The maximum Gasteiger partial charge on any atom is 0.241 e. The second-order valence-corrected chi connectivity index (χ2v) is 7.02. The standard InChI is InChI=1S/C15H21N3O2S/c1-10-7-11(2)13(4)15(12(10)3)21(19,20)18-6-5-14-8-16-9-17-14/h7-9,18H,5-6H2,1-4H3,(H,16,17). The van der Waals surface area contributed by atoms with E-state index in [0.717, 1.165) is 27.9 Å². The first-order valence-electron chi connectivity index (χ1n) is 6.87. The molecule has 0 saturated carbocycles. The van der Waals surface area contributed by atoms with Crippen molar-refractivity contribution in [2.24, 2.45) is 0 Å². The van der Waals surface area contributed by atoms with Gasteiger partial charge in [-0.05, 0) is 49.9 Å². The van der Waals surface area contributed by atoms with Crippen LogP contribution in [0.25, 0.3) is 0 Å². The van der Waals surface area contributed by atoms with Crippen LogP contribution in [0.2, 0.25) is 0 Å². The number of rotatable bonds is 5. The molecule has 1 aromatic carbocycles. The lowest BCUT2D eigenvalue weighted by Crippen LogP contribution is -2.27. The summed E-state index contributed by atoms with van der Waals surface area (Å²) in [7, 11) is -3.50. The van der Waals surface area contributed by atoms with Crippen LogP contribution in [0.3, 0.4) is 0 Å². The minimum absolute atomic E-state index is 0.344. The summed E-state index contributed by atoms with van der Waals surface area (Å²) in [5.74, 6) is 0. The zero-order valence-corrected chi connectivity index (χ0v) is 13.6. The molecule has 114 valence electrons. The summed E-state index contributed by atoms with van der Waals surface area (Å²) in [5.41, 5.74) is 4.52. The summed E-state index contributed by atoms with van der Waals surface area (Å²) in [6, 6.07) is 2.02. The van der Waals surface area contributed by atoms with Gasteiger partial charge < -0.3 is 4.98 Å². The van der Waals surface area contributed by atoms with Crippen LogP contribution in [-0.2, 0) is 16.4 Å². The lowest BCUT2D eigenvalue weighted by Gasteiger charge is -2.16. The molecule has 2 aromatic rings. The molecule has 1 aromatic heterocycles. The second-order valence-electron chi connectivity index (χ2n) is 5.31. The van der Waals surface area contributed by atoms with Gasteiger partial charge in [0, 0.05) is 24.9 Å². The fourth-order valence-corrected chi connectivity index (χ4v) is 4.04. The van der Waals surface area contributed by atoms with E-state index in [1.165, 1.54) is 0 Å². The number of nitrogens with one attached hydrogen (secondary N) is 2. The molecule has 21 heavy (non-hydrogen) atoms. The fourth-order valence-electron chi connectivity index (χ4n) is 2.40. The number of H-pyrrole nitrogens is 1. The van der Waals surface area contributed by atoms with E-state index in [-0.39, 0.29) is 0 Å². The molecule has 0 spiro atoms. The van der Waals surface area contributed by atoms with Gasteiger partial charge in [0.1, 0.15) is 0 Å². The van der Waals surface area contributed by atoms with Crippen LogP contribution < -0.4 is 4.72 Å². The number of aryl methyl sites for hydroxylation is 2. The molecule has 2 rings (SSSR count). The van der Waals surface area contributed by atoms with Gasteiger partial charge in [-0.15, -0.1) is 0 Å². The van der Waals surface area contributed by atoms with Crippen molar-refractivity contribution >= 4 is 10.0 Å². The van der Waals surface area contributed by atoms with Crippen LogP contribution in [-0.4, -0.2) is 24.9 Å². The Morgan fingerprint density at radius 1 is 1.14 bits per heavy atom. The van der Waals surface area contributed by atoms with E-state index in [0.29, 0.717) is 17.9 Å². The first kappa shape index (κ1) is 15.7. The van der Waals surface area contributed by atoms with Gasteiger partial charge in [-0.3, -0.25) is 0 Å². The summed E-state index contributed by atoms with van der Waals surface area (Å²) in [6.07, 6.45) is 3.87. The first-order chi connectivity index (χ1) is 9.83. The number of aromatic nitrogens is 2. The molecule has 5 nitrogen and oxygen atoms in total. The Kier molecular flexibility index (Phi) is 4.49. The van der Waals surface area contributed by atoms with Gasteiger partial charge in [0.15, 0.2) is 0 Å². The summed E-state index contributed by atoms with van der Waals surface area (Å²) in [6.45, 7) is 7.92. The number of sulfonamides is 1. The van der Waals surface area contributed by atoms with Crippen molar-refractivity contribution in [2.45, 2.75) is 39.0 Å². The van der Waals surface area contributed by atoms with Crippen LogP contribution >= 0.6 is 0 Å². The molecule has 0 radical (unpaired) electrons. The second kappa shape index (κ2) is 5.99. The van der Waals surface area contributed by atoms with Gasteiger partial charge in [-0.1, -0.05) is 6.07 Å². The molecule has 0 bridgehead atoms. The Morgan fingerprint density at radius 3 is 2.29 bits per heavy atom. The van der Waals surface area contributed by atoms with Crippen LogP contribution in [0.5, 0.6) is 0 Å². The number of nitrogens with zero attached hydrogens (tertiary/aromatic N) is 1. The average molecular weight is 307 g/mol. The van der Waals surface area contributed by atoms with E-state index in [4.69, 9.17) is 0 Å². The van der Waals surface area contributed by atoms with Crippen molar-refractivity contribution in [3.8, 4) is 0 Å². The van der Waals surface area contributed by atoms with Crippen molar-refractivity contribution in [2.75, 3.05) is 6.54 Å². The molecular formula is C15H21N3O2S. The summed E-state index contributed by atoms with van der Waals surface area (Å²) in [5, 5.41) is 0. The minimum atomic E-state index is -3.50. The Labute approximate surface area is 125 Å². The SMILES string of the molecule is Cc1cc(C)c(C)c(S(=O)(=O)NCCc2cnc[nH]2)c1C. The molecule has 0 aliphatic carbocycles. The number of benzene rings is 1. The third-order valence-corrected chi connectivity index (χ3v) is 5.54. The molecule has 0 saturated heterocycles. The fraction of sp³-hybridized carbons (Fsp3) is 0.400. The number of hydrogen-bond donors (Lipinski definition) is 2. The molecule has 0 atom stereocenters. The number of imidazole rings is 1. The molecule has 2 N–H and O–H groups in total. The molecule has 0 fully saturated rings. The largest absolute Gasteiger partial charge is 0.348 e. The maximum atomic E-state index is 12.6. The molecular weight excluding hydrogens is 286 g/mol. The van der Waals surface area contributed by atoms with E-state index in [1.807, 2.05) is 33.8 Å². The zero-order chi connectivity index (χ0) is 15.6. The highest BCUT2D eigenvalue weighted by atomic mass is 32.2. The molecule has 0 aliphatic rings. The lowest BCUT2D eigenvalue weighted by atomic mass is 10.0. The van der Waals surface area contributed by atoms with Crippen molar-refractivity contribution in [1.82, 2.24) is 14.7 Å². The van der Waals surface area contributed by atoms with Crippen LogP contribution in [0.4, 0.5) is 0 Å².